The third-order valence-electron chi connectivity index (χ3n) is 6.41. The molecule has 3 heterocycles. The van der Waals surface area contributed by atoms with Gasteiger partial charge in [-0.25, -0.2) is 9.78 Å². The van der Waals surface area contributed by atoms with Crippen molar-refractivity contribution in [1.29, 1.82) is 0 Å². The lowest BCUT2D eigenvalue weighted by Gasteiger charge is -2.32. The number of hydrogen-bond acceptors (Lipinski definition) is 6. The van der Waals surface area contributed by atoms with Crippen LogP contribution >= 0.6 is 11.3 Å². The van der Waals surface area contributed by atoms with Crippen LogP contribution in [-0.2, 0) is 14.0 Å². The Labute approximate surface area is 195 Å². The van der Waals surface area contributed by atoms with Crippen LogP contribution in [0.3, 0.4) is 0 Å². The maximum absolute atomic E-state index is 12.6. The van der Waals surface area contributed by atoms with E-state index in [0.717, 1.165) is 33.8 Å². The molecular weight excluding hydrogens is 423 g/mol. The molecular formula is C24H33BN2O4S. The number of likely N-dealkylation sites (tertiary alicyclic amines) is 1. The van der Waals surface area contributed by atoms with Crippen molar-refractivity contribution in [3.05, 3.63) is 35.5 Å². The molecule has 32 heavy (non-hydrogen) atoms. The van der Waals surface area contributed by atoms with E-state index in [4.69, 9.17) is 14.0 Å². The minimum absolute atomic E-state index is 0.0207. The monoisotopic (exact) mass is 456 g/mol. The molecule has 8 heteroatoms. The molecule has 0 N–H and O–H groups in total. The molecule has 0 radical (unpaired) electrons. The molecule has 6 nitrogen and oxygen atoms in total. The first kappa shape index (κ1) is 23.3. The highest BCUT2D eigenvalue weighted by Gasteiger charge is 2.51. The van der Waals surface area contributed by atoms with Crippen LogP contribution in [0.5, 0.6) is 0 Å². The molecule has 1 aromatic carbocycles. The molecule has 2 fully saturated rings. The van der Waals surface area contributed by atoms with E-state index in [2.05, 4.69) is 56.9 Å². The lowest BCUT2D eigenvalue weighted by molar-refractivity contribution is 0.00578. The van der Waals surface area contributed by atoms with Gasteiger partial charge in [0.2, 0.25) is 0 Å². The molecule has 0 aliphatic carbocycles. The van der Waals surface area contributed by atoms with Crippen molar-refractivity contribution in [2.45, 2.75) is 84.2 Å². The van der Waals surface area contributed by atoms with Gasteiger partial charge in [-0.1, -0.05) is 24.3 Å². The first-order valence-corrected chi connectivity index (χ1v) is 12.1. The van der Waals surface area contributed by atoms with Crippen LogP contribution in [0.2, 0.25) is 0 Å². The fraction of sp³-hybridized carbons (Fsp3) is 0.583. The van der Waals surface area contributed by atoms with Crippen LogP contribution in [0.25, 0.3) is 10.4 Å². The summed E-state index contributed by atoms with van der Waals surface area (Å²) in [6.45, 7) is 14.6. The third-order valence-corrected chi connectivity index (χ3v) is 7.56. The largest absolute Gasteiger partial charge is 0.494 e. The summed E-state index contributed by atoms with van der Waals surface area (Å²) >= 11 is 1.64. The summed E-state index contributed by atoms with van der Waals surface area (Å²) in [5, 5.41) is 0.957. The van der Waals surface area contributed by atoms with Gasteiger partial charge in [0, 0.05) is 12.7 Å². The van der Waals surface area contributed by atoms with Gasteiger partial charge >= 0.3 is 13.2 Å². The zero-order valence-corrected chi connectivity index (χ0v) is 20.9. The zero-order chi connectivity index (χ0) is 23.3. The number of carbonyl (C=O) groups excluding carboxylic acids is 1. The summed E-state index contributed by atoms with van der Waals surface area (Å²) in [4.78, 5) is 20.2. The Bertz CT molecular complexity index is 965. The molecule has 0 spiro atoms. The third kappa shape index (κ3) is 4.59. The Hall–Kier alpha value is -1.90. The highest BCUT2D eigenvalue weighted by molar-refractivity contribution is 7.15. The van der Waals surface area contributed by atoms with Gasteiger partial charge in [0.1, 0.15) is 10.6 Å². The zero-order valence-electron chi connectivity index (χ0n) is 20.1. The summed E-state index contributed by atoms with van der Waals surface area (Å²) in [6.07, 6.45) is 3.51. The average Bonchev–Trinajstić information content (AvgIpc) is 3.38. The second-order valence-corrected chi connectivity index (χ2v) is 11.7. The summed E-state index contributed by atoms with van der Waals surface area (Å²) in [5.74, 6) is 0. The number of benzene rings is 1. The highest BCUT2D eigenvalue weighted by atomic mass is 32.1. The molecule has 1 aromatic heterocycles. The van der Waals surface area contributed by atoms with Crippen LogP contribution in [-0.4, -0.2) is 46.4 Å². The lowest BCUT2D eigenvalue weighted by Crippen LogP contribution is -2.41. The number of carbonyl (C=O) groups is 1. The van der Waals surface area contributed by atoms with Crippen LogP contribution in [0.1, 0.15) is 72.4 Å². The smallest absolute Gasteiger partial charge is 0.444 e. The van der Waals surface area contributed by atoms with E-state index in [1.807, 2.05) is 31.9 Å². The minimum atomic E-state index is -0.503. The number of ether oxygens (including phenoxy) is 1. The topological polar surface area (TPSA) is 60.9 Å². The molecule has 2 aromatic rings. The number of hydrogen-bond donors (Lipinski definition) is 0. The van der Waals surface area contributed by atoms with Crippen LogP contribution in [0.15, 0.2) is 30.5 Å². The summed E-state index contributed by atoms with van der Waals surface area (Å²) < 4.78 is 17.9. The molecule has 2 aliphatic rings. The van der Waals surface area contributed by atoms with Crippen molar-refractivity contribution in [2.75, 3.05) is 6.54 Å². The molecule has 1 amide bonds. The van der Waals surface area contributed by atoms with Crippen molar-refractivity contribution in [2.24, 2.45) is 0 Å². The Morgan fingerprint density at radius 3 is 2.38 bits per heavy atom. The van der Waals surface area contributed by atoms with E-state index < -0.39 is 5.60 Å². The van der Waals surface area contributed by atoms with E-state index in [1.165, 1.54) is 0 Å². The summed E-state index contributed by atoms with van der Waals surface area (Å²) in [6, 6.07) is 8.25. The average molecular weight is 456 g/mol. The molecule has 0 bridgehead atoms. The Kier molecular flexibility index (Phi) is 5.93. The highest BCUT2D eigenvalue weighted by Crippen LogP contribution is 2.39. The predicted molar refractivity (Wildman–Crippen MR) is 128 cm³/mol. The minimum Gasteiger partial charge on any atom is -0.444 e. The van der Waals surface area contributed by atoms with E-state index in [9.17, 15) is 4.79 Å². The van der Waals surface area contributed by atoms with E-state index in [1.54, 1.807) is 11.3 Å². The van der Waals surface area contributed by atoms with Crippen molar-refractivity contribution < 1.29 is 18.8 Å². The van der Waals surface area contributed by atoms with Crippen LogP contribution in [0, 0.1) is 0 Å². The number of rotatable bonds is 3. The lowest BCUT2D eigenvalue weighted by atomic mass is 9.79. The molecule has 4 rings (SSSR count). The Balaban J connectivity index is 1.48. The van der Waals surface area contributed by atoms with E-state index in [0.29, 0.717) is 6.54 Å². The molecule has 172 valence electrons. The van der Waals surface area contributed by atoms with Crippen LogP contribution < -0.4 is 5.46 Å². The summed E-state index contributed by atoms with van der Waals surface area (Å²) in [5.41, 5.74) is 0.880. The van der Waals surface area contributed by atoms with Gasteiger partial charge in [-0.2, -0.15) is 0 Å². The summed E-state index contributed by atoms with van der Waals surface area (Å²) in [7, 11) is -0.369. The maximum atomic E-state index is 12.6. The first-order valence-electron chi connectivity index (χ1n) is 11.3. The number of nitrogens with zero attached hydrogens (tertiary/aromatic N) is 2. The first-order chi connectivity index (χ1) is 14.9. The maximum Gasteiger partial charge on any atom is 0.494 e. The molecule has 0 saturated carbocycles. The van der Waals surface area contributed by atoms with Gasteiger partial charge in [-0.15, -0.1) is 11.3 Å². The van der Waals surface area contributed by atoms with Gasteiger partial charge in [-0.3, -0.25) is 4.90 Å². The molecule has 2 aliphatic heterocycles. The van der Waals surface area contributed by atoms with Crippen LogP contribution in [0.4, 0.5) is 4.79 Å². The second kappa shape index (κ2) is 8.15. The second-order valence-electron chi connectivity index (χ2n) is 10.6. The Morgan fingerprint density at radius 2 is 1.78 bits per heavy atom. The van der Waals surface area contributed by atoms with Gasteiger partial charge in [0.25, 0.3) is 0 Å². The van der Waals surface area contributed by atoms with E-state index >= 15 is 0 Å². The van der Waals surface area contributed by atoms with Crippen molar-refractivity contribution in [1.82, 2.24) is 9.88 Å². The van der Waals surface area contributed by atoms with Gasteiger partial charge in [0.05, 0.1) is 22.1 Å². The quantitative estimate of drug-likeness (QED) is 0.596. The number of aromatic nitrogens is 1. The van der Waals surface area contributed by atoms with Gasteiger partial charge < -0.3 is 14.0 Å². The normalized spacial score (nSPS) is 22.4. The van der Waals surface area contributed by atoms with Crippen molar-refractivity contribution in [3.63, 3.8) is 0 Å². The van der Waals surface area contributed by atoms with Gasteiger partial charge in [-0.05, 0) is 72.3 Å². The molecule has 0 unspecified atom stereocenters. The Morgan fingerprint density at radius 1 is 1.16 bits per heavy atom. The standard InChI is InChI=1S/C24H33BN2O4S/c1-22(2,3)29-21(28)27-14-8-9-18(27)20-26-15-19(32-20)16-10-12-17(13-11-16)25-30-23(4,5)24(6,7)31-25/h10-13,15,18H,8-9,14H2,1-7H3/t18-/m0/s1. The fourth-order valence-electron chi connectivity index (χ4n) is 3.92. The van der Waals surface area contributed by atoms with Gasteiger partial charge in [0.15, 0.2) is 0 Å². The molecule has 1 atom stereocenters. The van der Waals surface area contributed by atoms with Crippen molar-refractivity contribution in [3.8, 4) is 10.4 Å². The van der Waals surface area contributed by atoms with E-state index in [-0.39, 0.29) is 30.5 Å². The number of amides is 1. The fourth-order valence-corrected chi connectivity index (χ4v) is 4.99. The SMILES string of the molecule is CC(C)(C)OC(=O)N1CCC[C@H]1c1ncc(-c2ccc(B3OC(C)(C)C(C)(C)O3)cc2)s1. The number of thiazole rings is 1. The van der Waals surface area contributed by atoms with Crippen molar-refractivity contribution >= 4 is 30.0 Å². The predicted octanol–water partition coefficient (Wildman–Crippen LogP) is 5.18. The molecule has 2 saturated heterocycles.